The van der Waals surface area contributed by atoms with Crippen LogP contribution in [0.25, 0.3) is 0 Å². The molecule has 1 aromatic carbocycles. The number of ether oxygens (including phenoxy) is 2. The van der Waals surface area contributed by atoms with Gasteiger partial charge in [0.15, 0.2) is 11.0 Å². The van der Waals surface area contributed by atoms with Gasteiger partial charge in [-0.2, -0.15) is 0 Å². The number of nitrogens with zero attached hydrogens (tertiary/aromatic N) is 3. The van der Waals surface area contributed by atoms with E-state index in [9.17, 15) is 4.21 Å². The Morgan fingerprint density at radius 1 is 1.13 bits per heavy atom. The summed E-state index contributed by atoms with van der Waals surface area (Å²) in [4.78, 5) is 11.9. The first kappa shape index (κ1) is 21.3. The van der Waals surface area contributed by atoms with Crippen LogP contribution in [-0.2, 0) is 23.8 Å². The number of para-hydroxylation sites is 1. The second-order valence-electron chi connectivity index (χ2n) is 7.20. The van der Waals surface area contributed by atoms with E-state index in [1.807, 2.05) is 36.4 Å². The number of rotatable bonds is 7. The van der Waals surface area contributed by atoms with E-state index in [0.29, 0.717) is 28.1 Å². The van der Waals surface area contributed by atoms with Crippen molar-refractivity contribution in [2.45, 2.75) is 24.7 Å². The highest BCUT2D eigenvalue weighted by atomic mass is 32.2. The van der Waals surface area contributed by atoms with Crippen LogP contribution in [0.5, 0.6) is 17.5 Å². The van der Waals surface area contributed by atoms with Gasteiger partial charge in [-0.15, -0.1) is 0 Å². The van der Waals surface area contributed by atoms with Crippen LogP contribution in [0.4, 0.5) is 5.69 Å². The monoisotopic (exact) mass is 438 g/mol. The number of likely N-dealkylation sites (N-methyl/N-ethyl adjacent to an activating group) is 1. The topological polar surface area (TPSA) is 76.6 Å². The normalized spacial score (nSPS) is 14.9. The van der Waals surface area contributed by atoms with Crippen LogP contribution in [-0.4, -0.2) is 45.8 Å². The zero-order valence-corrected chi connectivity index (χ0v) is 18.5. The van der Waals surface area contributed by atoms with Gasteiger partial charge in [-0.1, -0.05) is 25.1 Å². The van der Waals surface area contributed by atoms with E-state index >= 15 is 0 Å². The van der Waals surface area contributed by atoms with Crippen LogP contribution in [0.2, 0.25) is 0 Å². The van der Waals surface area contributed by atoms with Crippen molar-refractivity contribution in [2.75, 3.05) is 31.5 Å². The second kappa shape index (κ2) is 9.89. The number of pyridine rings is 2. The number of fused-ring (bicyclic) bond motifs is 1. The lowest BCUT2D eigenvalue weighted by molar-refractivity contribution is 0.303. The van der Waals surface area contributed by atoms with Gasteiger partial charge in [0.05, 0.1) is 12.0 Å². The summed E-state index contributed by atoms with van der Waals surface area (Å²) in [5.74, 6) is 1.59. The molecule has 3 aromatic rings. The summed E-state index contributed by atoms with van der Waals surface area (Å²) >= 11 is 0. The molecule has 0 saturated carbocycles. The highest BCUT2D eigenvalue weighted by molar-refractivity contribution is 7.86. The standard InChI is InChI=1S/C23H26N4O3S/c1-3-27-13-11-17-15-21(23(29-2)25-20(17)12-14-27)26-31(28)19-9-10-22(24-16-19)30-18-7-5-4-6-8-18/h4-10,15-16,26H,3,11-14H2,1-2H3. The van der Waals surface area contributed by atoms with Crippen molar-refractivity contribution in [3.63, 3.8) is 0 Å². The number of nitrogens with one attached hydrogen (secondary N) is 1. The van der Waals surface area contributed by atoms with Gasteiger partial charge in [-0.05, 0) is 42.8 Å². The average molecular weight is 439 g/mol. The Labute approximate surface area is 185 Å². The largest absolute Gasteiger partial charge is 0.479 e. The number of anilines is 1. The zero-order chi connectivity index (χ0) is 21.6. The highest BCUT2D eigenvalue weighted by Crippen LogP contribution is 2.29. The van der Waals surface area contributed by atoms with Crippen LogP contribution in [0.3, 0.4) is 0 Å². The molecule has 1 unspecified atom stereocenters. The lowest BCUT2D eigenvalue weighted by atomic mass is 10.1. The molecular weight excluding hydrogens is 412 g/mol. The molecule has 1 atom stereocenters. The smallest absolute Gasteiger partial charge is 0.238 e. The van der Waals surface area contributed by atoms with Crippen molar-refractivity contribution in [3.05, 3.63) is 66.0 Å². The molecule has 0 spiro atoms. The molecule has 0 amide bonds. The quantitative estimate of drug-likeness (QED) is 0.604. The molecule has 4 rings (SSSR count). The molecule has 3 heterocycles. The van der Waals surface area contributed by atoms with Crippen molar-refractivity contribution in [1.82, 2.24) is 14.9 Å². The molecule has 162 valence electrons. The summed E-state index contributed by atoms with van der Waals surface area (Å²) in [5.41, 5.74) is 2.84. The van der Waals surface area contributed by atoms with Crippen LogP contribution in [0.1, 0.15) is 18.2 Å². The van der Waals surface area contributed by atoms with Crippen molar-refractivity contribution < 1.29 is 13.7 Å². The molecule has 0 bridgehead atoms. The molecule has 0 radical (unpaired) electrons. The van der Waals surface area contributed by atoms with Crippen molar-refractivity contribution in [2.24, 2.45) is 0 Å². The number of hydrogen-bond acceptors (Lipinski definition) is 6. The minimum Gasteiger partial charge on any atom is -0.479 e. The van der Waals surface area contributed by atoms with Crippen LogP contribution < -0.4 is 14.2 Å². The van der Waals surface area contributed by atoms with Crippen molar-refractivity contribution in [1.29, 1.82) is 0 Å². The van der Waals surface area contributed by atoms with E-state index in [1.165, 1.54) is 5.56 Å². The van der Waals surface area contributed by atoms with E-state index in [1.54, 1.807) is 25.4 Å². The predicted octanol–water partition coefficient (Wildman–Crippen LogP) is 3.83. The van der Waals surface area contributed by atoms with Gasteiger partial charge >= 0.3 is 0 Å². The lowest BCUT2D eigenvalue weighted by Crippen LogP contribution is -2.25. The molecule has 0 aliphatic carbocycles. The first-order chi connectivity index (χ1) is 15.2. The van der Waals surface area contributed by atoms with Crippen LogP contribution in [0.15, 0.2) is 59.6 Å². The van der Waals surface area contributed by atoms with Crippen molar-refractivity contribution >= 4 is 16.7 Å². The van der Waals surface area contributed by atoms with E-state index in [0.717, 1.165) is 38.2 Å². The molecule has 7 nitrogen and oxygen atoms in total. The van der Waals surface area contributed by atoms with E-state index in [4.69, 9.17) is 9.47 Å². The predicted molar refractivity (Wildman–Crippen MR) is 121 cm³/mol. The summed E-state index contributed by atoms with van der Waals surface area (Å²) in [6.07, 6.45) is 3.34. The Balaban J connectivity index is 1.48. The van der Waals surface area contributed by atoms with Gasteiger partial charge in [-0.25, -0.2) is 14.2 Å². The number of methoxy groups -OCH3 is 1. The number of hydrogen-bond donors (Lipinski definition) is 1. The van der Waals surface area contributed by atoms with Crippen LogP contribution >= 0.6 is 0 Å². The maximum atomic E-state index is 12.9. The SMILES string of the molecule is CCN1CCc2cc(NS(=O)c3ccc(Oc4ccccc4)nc3)c(OC)nc2CC1. The molecule has 0 saturated heterocycles. The Kier molecular flexibility index (Phi) is 6.79. The molecule has 31 heavy (non-hydrogen) atoms. The first-order valence-corrected chi connectivity index (χ1v) is 11.5. The minimum absolute atomic E-state index is 0.441. The van der Waals surface area contributed by atoms with E-state index in [-0.39, 0.29) is 0 Å². The molecule has 1 N–H and O–H groups in total. The third-order valence-corrected chi connectivity index (χ3v) is 6.33. The van der Waals surface area contributed by atoms with Gasteiger partial charge in [0.2, 0.25) is 11.8 Å². The molecule has 1 aliphatic rings. The molecule has 2 aromatic heterocycles. The summed E-state index contributed by atoms with van der Waals surface area (Å²) in [6, 6.07) is 14.9. The minimum atomic E-state index is -1.51. The number of aromatic nitrogens is 2. The Morgan fingerprint density at radius 3 is 2.65 bits per heavy atom. The summed E-state index contributed by atoms with van der Waals surface area (Å²) < 4.78 is 27.1. The summed E-state index contributed by atoms with van der Waals surface area (Å²) in [6.45, 7) is 5.18. The average Bonchev–Trinajstić information content (AvgIpc) is 3.01. The Hall–Kier alpha value is -2.97. The fraction of sp³-hybridized carbons (Fsp3) is 0.304. The summed E-state index contributed by atoms with van der Waals surface area (Å²) in [5, 5.41) is 0. The lowest BCUT2D eigenvalue weighted by Gasteiger charge is -2.15. The Bertz CT molecular complexity index is 1040. The first-order valence-electron chi connectivity index (χ1n) is 10.3. The maximum Gasteiger partial charge on any atom is 0.238 e. The van der Waals surface area contributed by atoms with Crippen LogP contribution in [0, 0.1) is 0 Å². The Morgan fingerprint density at radius 2 is 1.94 bits per heavy atom. The van der Waals surface area contributed by atoms with Gasteiger partial charge in [0, 0.05) is 37.5 Å². The number of benzene rings is 1. The second-order valence-corrected chi connectivity index (χ2v) is 8.42. The maximum absolute atomic E-state index is 12.9. The molecule has 8 heteroatoms. The third-order valence-electron chi connectivity index (χ3n) is 5.25. The fourth-order valence-corrected chi connectivity index (χ4v) is 4.31. The highest BCUT2D eigenvalue weighted by Gasteiger charge is 2.19. The molecular formula is C23H26N4O3S. The molecule has 0 fully saturated rings. The fourth-order valence-electron chi connectivity index (χ4n) is 3.51. The summed E-state index contributed by atoms with van der Waals surface area (Å²) in [7, 11) is 0.0653. The van der Waals surface area contributed by atoms with E-state index < -0.39 is 11.0 Å². The van der Waals surface area contributed by atoms with Gasteiger partial charge < -0.3 is 14.4 Å². The van der Waals surface area contributed by atoms with Gasteiger partial charge in [0.1, 0.15) is 11.4 Å². The molecule has 1 aliphatic heterocycles. The van der Waals surface area contributed by atoms with E-state index in [2.05, 4.69) is 26.5 Å². The third kappa shape index (κ3) is 5.21. The van der Waals surface area contributed by atoms with Gasteiger partial charge in [0.25, 0.3) is 0 Å². The van der Waals surface area contributed by atoms with Crippen molar-refractivity contribution in [3.8, 4) is 17.5 Å². The zero-order valence-electron chi connectivity index (χ0n) is 17.7. The van der Waals surface area contributed by atoms with Gasteiger partial charge in [-0.3, -0.25) is 4.72 Å².